The summed E-state index contributed by atoms with van der Waals surface area (Å²) in [6, 6.07) is 0. The van der Waals surface area contributed by atoms with Gasteiger partial charge in [-0.3, -0.25) is 4.79 Å². The van der Waals surface area contributed by atoms with Gasteiger partial charge in [-0.1, -0.05) is 6.58 Å². The highest BCUT2D eigenvalue weighted by molar-refractivity contribution is 7.81. The van der Waals surface area contributed by atoms with Crippen molar-refractivity contribution in [2.75, 3.05) is 12.9 Å². The van der Waals surface area contributed by atoms with E-state index in [0.717, 1.165) is 0 Å². The summed E-state index contributed by atoms with van der Waals surface area (Å²) in [6.07, 6.45) is 1.70. The van der Waals surface area contributed by atoms with Gasteiger partial charge in [0.1, 0.15) is 11.4 Å². The second-order valence-electron chi connectivity index (χ2n) is 5.44. The van der Waals surface area contributed by atoms with Crippen LogP contribution < -0.4 is 0 Å². The maximum atomic E-state index is 11.8. The van der Waals surface area contributed by atoms with E-state index < -0.39 is 11.6 Å². The second-order valence-corrected chi connectivity index (χ2v) is 5.76. The van der Waals surface area contributed by atoms with Crippen molar-refractivity contribution < 1.29 is 19.1 Å². The fourth-order valence-electron chi connectivity index (χ4n) is 2.52. The fraction of sp³-hybridized carbons (Fsp3) is 0.714. The predicted molar refractivity (Wildman–Crippen MR) is 76.3 cm³/mol. The van der Waals surface area contributed by atoms with Gasteiger partial charge in [-0.25, -0.2) is 4.79 Å². The number of methoxy groups -OCH3 is 1. The molecule has 0 N–H and O–H groups in total. The van der Waals surface area contributed by atoms with E-state index in [1.807, 2.05) is 6.92 Å². The molecular formula is C14H22O4S. The zero-order valence-electron chi connectivity index (χ0n) is 11.8. The molecule has 0 saturated heterocycles. The van der Waals surface area contributed by atoms with Crippen molar-refractivity contribution >= 4 is 24.4 Å². The standard InChI is InChI=1S/C14H22O4S/c1-9(2)13(16)18-14(3)6-10(12(15)8-19)5-11(7-14)17-4/h10-11,19H,1,5-8H2,2-4H3. The Morgan fingerprint density at radius 1 is 1.42 bits per heavy atom. The lowest BCUT2D eigenvalue weighted by molar-refractivity contribution is -0.165. The molecule has 0 radical (unpaired) electrons. The third kappa shape index (κ3) is 4.35. The van der Waals surface area contributed by atoms with Gasteiger partial charge < -0.3 is 9.47 Å². The lowest BCUT2D eigenvalue weighted by Crippen LogP contribution is -2.45. The molecule has 4 nitrogen and oxygen atoms in total. The van der Waals surface area contributed by atoms with Gasteiger partial charge in [-0.2, -0.15) is 12.6 Å². The van der Waals surface area contributed by atoms with E-state index >= 15 is 0 Å². The smallest absolute Gasteiger partial charge is 0.333 e. The number of rotatable bonds is 5. The van der Waals surface area contributed by atoms with E-state index in [4.69, 9.17) is 9.47 Å². The van der Waals surface area contributed by atoms with Gasteiger partial charge >= 0.3 is 5.97 Å². The molecule has 5 heteroatoms. The number of thiol groups is 1. The van der Waals surface area contributed by atoms with Crippen LogP contribution in [0.1, 0.15) is 33.1 Å². The van der Waals surface area contributed by atoms with E-state index in [2.05, 4.69) is 19.2 Å². The molecule has 3 unspecified atom stereocenters. The second kappa shape index (κ2) is 6.57. The Morgan fingerprint density at radius 2 is 2.05 bits per heavy atom. The van der Waals surface area contributed by atoms with Gasteiger partial charge in [0.25, 0.3) is 0 Å². The first kappa shape index (κ1) is 16.2. The molecule has 1 aliphatic rings. The first-order chi connectivity index (χ1) is 8.81. The van der Waals surface area contributed by atoms with Crippen LogP contribution in [0.5, 0.6) is 0 Å². The van der Waals surface area contributed by atoms with Crippen LogP contribution in [0.25, 0.3) is 0 Å². The maximum Gasteiger partial charge on any atom is 0.333 e. The molecule has 1 aliphatic carbocycles. The number of esters is 1. The first-order valence-corrected chi connectivity index (χ1v) is 7.00. The Balaban J connectivity index is 2.83. The molecule has 19 heavy (non-hydrogen) atoms. The van der Waals surface area contributed by atoms with E-state index in [1.165, 1.54) is 0 Å². The number of hydrogen-bond acceptors (Lipinski definition) is 5. The minimum atomic E-state index is -0.682. The molecule has 0 aliphatic heterocycles. The Hall–Kier alpha value is -0.810. The van der Waals surface area contributed by atoms with Crippen molar-refractivity contribution in [3.05, 3.63) is 12.2 Å². The van der Waals surface area contributed by atoms with E-state index in [9.17, 15) is 9.59 Å². The lowest BCUT2D eigenvalue weighted by atomic mass is 9.76. The van der Waals surface area contributed by atoms with Gasteiger partial charge in [-0.05, 0) is 26.7 Å². The van der Waals surface area contributed by atoms with E-state index in [-0.39, 0.29) is 23.6 Å². The molecule has 0 heterocycles. The molecule has 1 saturated carbocycles. The highest BCUT2D eigenvalue weighted by atomic mass is 32.1. The molecule has 1 fully saturated rings. The summed E-state index contributed by atoms with van der Waals surface area (Å²) < 4.78 is 10.9. The van der Waals surface area contributed by atoms with Crippen molar-refractivity contribution in [3.8, 4) is 0 Å². The molecule has 108 valence electrons. The molecule has 0 amide bonds. The average Bonchev–Trinajstić information content (AvgIpc) is 2.36. The summed E-state index contributed by atoms with van der Waals surface area (Å²) in [7, 11) is 1.61. The van der Waals surface area contributed by atoms with Gasteiger partial charge in [-0.15, -0.1) is 0 Å². The third-order valence-corrected chi connectivity index (χ3v) is 3.83. The van der Waals surface area contributed by atoms with Crippen molar-refractivity contribution in [2.45, 2.75) is 44.8 Å². The number of ketones is 1. The number of ether oxygens (including phenoxy) is 2. The molecular weight excluding hydrogens is 264 g/mol. The average molecular weight is 286 g/mol. The Morgan fingerprint density at radius 3 is 2.53 bits per heavy atom. The highest BCUT2D eigenvalue weighted by Crippen LogP contribution is 2.37. The SMILES string of the molecule is C=C(C)C(=O)OC1(C)CC(OC)CC(C(=O)CS)C1. The number of hydrogen-bond donors (Lipinski definition) is 1. The first-order valence-electron chi connectivity index (χ1n) is 6.36. The van der Waals surface area contributed by atoms with Crippen LogP contribution in [0.2, 0.25) is 0 Å². The van der Waals surface area contributed by atoms with Crippen LogP contribution in [0.15, 0.2) is 12.2 Å². The monoisotopic (exact) mass is 286 g/mol. The maximum absolute atomic E-state index is 11.8. The summed E-state index contributed by atoms with van der Waals surface area (Å²) in [5.74, 6) is -0.316. The molecule has 0 aromatic heterocycles. The van der Waals surface area contributed by atoms with Crippen LogP contribution in [0.4, 0.5) is 0 Å². The molecule has 0 bridgehead atoms. The Bertz CT molecular complexity index is 380. The van der Waals surface area contributed by atoms with E-state index in [0.29, 0.717) is 24.8 Å². The van der Waals surface area contributed by atoms with Crippen molar-refractivity contribution in [3.63, 3.8) is 0 Å². The third-order valence-electron chi connectivity index (χ3n) is 3.52. The molecule has 0 aromatic carbocycles. The summed E-state index contributed by atoms with van der Waals surface area (Å²) >= 11 is 4.03. The summed E-state index contributed by atoms with van der Waals surface area (Å²) in [4.78, 5) is 23.5. The predicted octanol–water partition coefficient (Wildman–Crippen LogP) is 2.18. The largest absolute Gasteiger partial charge is 0.456 e. The van der Waals surface area contributed by atoms with Crippen LogP contribution in [-0.4, -0.2) is 36.3 Å². The Labute approximate surface area is 119 Å². The van der Waals surface area contributed by atoms with Crippen molar-refractivity contribution in [1.29, 1.82) is 0 Å². The fourth-order valence-corrected chi connectivity index (χ4v) is 2.78. The zero-order chi connectivity index (χ0) is 14.6. The Kier molecular flexibility index (Phi) is 5.62. The highest BCUT2D eigenvalue weighted by Gasteiger charge is 2.42. The van der Waals surface area contributed by atoms with Crippen LogP contribution in [0, 0.1) is 5.92 Å². The molecule has 1 rings (SSSR count). The van der Waals surface area contributed by atoms with E-state index in [1.54, 1.807) is 14.0 Å². The van der Waals surface area contributed by atoms with Gasteiger partial charge in [0.15, 0.2) is 0 Å². The number of carbonyl (C=O) groups is 2. The topological polar surface area (TPSA) is 52.6 Å². The normalized spacial score (nSPS) is 30.7. The van der Waals surface area contributed by atoms with Crippen molar-refractivity contribution in [1.82, 2.24) is 0 Å². The lowest BCUT2D eigenvalue weighted by Gasteiger charge is -2.40. The minimum absolute atomic E-state index is 0.0719. The van der Waals surface area contributed by atoms with Gasteiger partial charge in [0.2, 0.25) is 0 Å². The molecule has 0 aromatic rings. The van der Waals surface area contributed by atoms with Crippen molar-refractivity contribution in [2.24, 2.45) is 5.92 Å². The number of Topliss-reactive ketones (excluding diaryl/α,β-unsaturated/α-hetero) is 1. The quantitative estimate of drug-likeness (QED) is 0.478. The van der Waals surface area contributed by atoms with Gasteiger partial charge in [0, 0.05) is 30.8 Å². The molecule has 3 atom stereocenters. The zero-order valence-corrected chi connectivity index (χ0v) is 12.7. The minimum Gasteiger partial charge on any atom is -0.456 e. The van der Waals surface area contributed by atoms with Crippen LogP contribution in [-0.2, 0) is 19.1 Å². The van der Waals surface area contributed by atoms with Crippen LogP contribution in [0.3, 0.4) is 0 Å². The molecule has 0 spiro atoms. The number of carbonyl (C=O) groups excluding carboxylic acids is 2. The summed E-state index contributed by atoms with van der Waals surface area (Å²) in [5, 5.41) is 0. The summed E-state index contributed by atoms with van der Waals surface area (Å²) in [6.45, 7) is 7.03. The van der Waals surface area contributed by atoms with Gasteiger partial charge in [0.05, 0.1) is 6.10 Å². The van der Waals surface area contributed by atoms with Crippen LogP contribution >= 0.6 is 12.6 Å². The summed E-state index contributed by atoms with van der Waals surface area (Å²) in [5.41, 5.74) is -0.323.